The molecule has 5 heteroatoms. The first kappa shape index (κ1) is 11.7. The van der Waals surface area contributed by atoms with Gasteiger partial charge in [0.1, 0.15) is 0 Å². The van der Waals surface area contributed by atoms with Crippen molar-refractivity contribution in [2.75, 3.05) is 43.5 Å². The number of anilines is 2. The molecule has 2 aliphatic heterocycles. The van der Waals surface area contributed by atoms with E-state index in [2.05, 4.69) is 21.7 Å². The van der Waals surface area contributed by atoms with Crippen LogP contribution in [-0.2, 0) is 4.74 Å². The normalized spacial score (nSPS) is 26.1. The number of hydrogen-bond acceptors (Lipinski definition) is 5. The second-order valence-corrected chi connectivity index (χ2v) is 5.16. The average Bonchev–Trinajstić information content (AvgIpc) is 2.30. The minimum absolute atomic E-state index is 0.542. The lowest BCUT2D eigenvalue weighted by atomic mass is 10.1. The van der Waals surface area contributed by atoms with Crippen molar-refractivity contribution in [1.82, 2.24) is 9.88 Å². The first-order chi connectivity index (χ1) is 8.75. The summed E-state index contributed by atoms with van der Waals surface area (Å²) in [6.45, 7) is 7.18. The molecule has 2 aliphatic rings. The Kier molecular flexibility index (Phi) is 3.09. The number of nitrogens with zero attached hydrogens (tertiary/aromatic N) is 3. The summed E-state index contributed by atoms with van der Waals surface area (Å²) in [6, 6.07) is 3.17. The van der Waals surface area contributed by atoms with Gasteiger partial charge in [-0.05, 0) is 13.0 Å². The highest BCUT2D eigenvalue weighted by Crippen LogP contribution is 2.26. The van der Waals surface area contributed by atoms with Crippen molar-refractivity contribution in [3.63, 3.8) is 0 Å². The Labute approximate surface area is 108 Å². The minimum atomic E-state index is 0.542. The molecular weight excluding hydrogens is 228 g/mol. The van der Waals surface area contributed by atoms with E-state index in [0.29, 0.717) is 12.1 Å². The molecule has 0 aliphatic carbocycles. The summed E-state index contributed by atoms with van der Waals surface area (Å²) in [5, 5.41) is 0. The monoisotopic (exact) mass is 248 g/mol. The zero-order valence-corrected chi connectivity index (χ0v) is 10.7. The van der Waals surface area contributed by atoms with Crippen LogP contribution >= 0.6 is 0 Å². The lowest BCUT2D eigenvalue weighted by molar-refractivity contribution is -0.0792. The molecular formula is C13H20N4O. The molecule has 0 aromatic carbocycles. The number of aromatic nitrogens is 1. The van der Waals surface area contributed by atoms with Crippen molar-refractivity contribution in [1.29, 1.82) is 0 Å². The molecule has 18 heavy (non-hydrogen) atoms. The number of hydrogen-bond donors (Lipinski definition) is 1. The predicted octanol–water partition coefficient (Wildman–Crippen LogP) is 0.573. The van der Waals surface area contributed by atoms with Gasteiger partial charge in [0.15, 0.2) is 0 Å². The number of ether oxygens (including phenoxy) is 1. The molecule has 2 N–H and O–H groups in total. The van der Waals surface area contributed by atoms with Crippen LogP contribution in [0.15, 0.2) is 18.5 Å². The lowest BCUT2D eigenvalue weighted by Crippen LogP contribution is -2.60. The number of piperazine rings is 1. The third kappa shape index (κ3) is 2.04. The van der Waals surface area contributed by atoms with Gasteiger partial charge in [-0.2, -0.15) is 0 Å². The Morgan fingerprint density at radius 3 is 2.83 bits per heavy atom. The van der Waals surface area contributed by atoms with E-state index < -0.39 is 0 Å². The second-order valence-electron chi connectivity index (χ2n) is 5.16. The fraction of sp³-hybridized carbons (Fsp3) is 0.615. The van der Waals surface area contributed by atoms with E-state index in [1.165, 1.54) is 0 Å². The summed E-state index contributed by atoms with van der Waals surface area (Å²) in [7, 11) is 0. The standard InChI is InChI=1S/C13H20N4O/c1-10-7-16(13-2-3-15-6-12(13)14)4-5-17(10)11-8-18-9-11/h2-3,6,10-11H,4-5,7-9,14H2,1H3. The van der Waals surface area contributed by atoms with E-state index in [1.54, 1.807) is 6.20 Å². The Morgan fingerprint density at radius 1 is 1.39 bits per heavy atom. The second kappa shape index (κ2) is 4.74. The van der Waals surface area contributed by atoms with Crippen LogP contribution in [0.5, 0.6) is 0 Å². The van der Waals surface area contributed by atoms with Crippen LogP contribution in [0.1, 0.15) is 6.92 Å². The molecule has 1 unspecified atom stereocenters. The quantitative estimate of drug-likeness (QED) is 0.829. The highest BCUT2D eigenvalue weighted by atomic mass is 16.5. The molecule has 0 spiro atoms. The van der Waals surface area contributed by atoms with Crippen molar-refractivity contribution in [3.05, 3.63) is 18.5 Å². The van der Waals surface area contributed by atoms with E-state index in [4.69, 9.17) is 10.5 Å². The smallest absolute Gasteiger partial charge is 0.0738 e. The van der Waals surface area contributed by atoms with Gasteiger partial charge >= 0.3 is 0 Å². The van der Waals surface area contributed by atoms with Gasteiger partial charge in [-0.15, -0.1) is 0 Å². The van der Waals surface area contributed by atoms with Gasteiger partial charge in [0.2, 0.25) is 0 Å². The summed E-state index contributed by atoms with van der Waals surface area (Å²) < 4.78 is 5.28. The zero-order valence-electron chi connectivity index (χ0n) is 10.7. The molecule has 3 heterocycles. The Morgan fingerprint density at radius 2 is 2.22 bits per heavy atom. The molecule has 0 radical (unpaired) electrons. The Balaban J connectivity index is 1.69. The van der Waals surface area contributed by atoms with Crippen LogP contribution in [0.2, 0.25) is 0 Å². The molecule has 0 amide bonds. The maximum atomic E-state index is 5.99. The van der Waals surface area contributed by atoms with Gasteiger partial charge in [-0.3, -0.25) is 9.88 Å². The average molecular weight is 248 g/mol. The fourth-order valence-electron chi connectivity index (χ4n) is 2.83. The van der Waals surface area contributed by atoms with Crippen LogP contribution in [0.25, 0.3) is 0 Å². The highest BCUT2D eigenvalue weighted by Gasteiger charge is 2.33. The first-order valence-electron chi connectivity index (χ1n) is 6.53. The van der Waals surface area contributed by atoms with Gasteiger partial charge < -0.3 is 15.4 Å². The molecule has 0 bridgehead atoms. The van der Waals surface area contributed by atoms with Crippen molar-refractivity contribution in [3.8, 4) is 0 Å². The topological polar surface area (TPSA) is 54.6 Å². The van der Waals surface area contributed by atoms with E-state index >= 15 is 0 Å². The van der Waals surface area contributed by atoms with E-state index in [9.17, 15) is 0 Å². The molecule has 5 nitrogen and oxygen atoms in total. The minimum Gasteiger partial charge on any atom is -0.396 e. The molecule has 3 rings (SSSR count). The van der Waals surface area contributed by atoms with Gasteiger partial charge in [0.25, 0.3) is 0 Å². The SMILES string of the molecule is CC1CN(c2ccncc2N)CCN1C1COC1. The summed E-state index contributed by atoms with van der Waals surface area (Å²) in [4.78, 5) is 8.96. The maximum Gasteiger partial charge on any atom is 0.0738 e. The fourth-order valence-corrected chi connectivity index (χ4v) is 2.83. The Hall–Kier alpha value is -1.33. The first-order valence-corrected chi connectivity index (χ1v) is 6.53. The molecule has 2 fully saturated rings. The Bertz CT molecular complexity index is 421. The number of pyridine rings is 1. The summed E-state index contributed by atoms with van der Waals surface area (Å²) in [6.07, 6.45) is 3.54. The van der Waals surface area contributed by atoms with Crippen LogP contribution in [0.3, 0.4) is 0 Å². The maximum absolute atomic E-state index is 5.99. The summed E-state index contributed by atoms with van der Waals surface area (Å²) >= 11 is 0. The van der Waals surface area contributed by atoms with E-state index in [-0.39, 0.29) is 0 Å². The van der Waals surface area contributed by atoms with Crippen molar-refractivity contribution in [2.45, 2.75) is 19.0 Å². The third-order valence-corrected chi connectivity index (χ3v) is 3.94. The molecule has 1 atom stereocenters. The number of nitrogens with two attached hydrogens (primary N) is 1. The molecule has 1 aromatic rings. The van der Waals surface area contributed by atoms with Crippen LogP contribution < -0.4 is 10.6 Å². The molecule has 1 aromatic heterocycles. The number of rotatable bonds is 2. The lowest BCUT2D eigenvalue weighted by Gasteiger charge is -2.47. The van der Waals surface area contributed by atoms with Crippen LogP contribution in [0, 0.1) is 0 Å². The van der Waals surface area contributed by atoms with Gasteiger partial charge in [0.05, 0.1) is 36.8 Å². The van der Waals surface area contributed by atoms with Gasteiger partial charge in [0, 0.05) is 31.9 Å². The van der Waals surface area contributed by atoms with Crippen molar-refractivity contribution < 1.29 is 4.74 Å². The summed E-state index contributed by atoms with van der Waals surface area (Å²) in [5.74, 6) is 0. The predicted molar refractivity (Wildman–Crippen MR) is 71.6 cm³/mol. The third-order valence-electron chi connectivity index (χ3n) is 3.94. The van der Waals surface area contributed by atoms with Crippen LogP contribution in [-0.4, -0.2) is 54.8 Å². The highest BCUT2D eigenvalue weighted by molar-refractivity contribution is 5.66. The molecule has 2 saturated heterocycles. The largest absolute Gasteiger partial charge is 0.396 e. The zero-order chi connectivity index (χ0) is 12.5. The number of nitrogen functional groups attached to an aromatic ring is 1. The van der Waals surface area contributed by atoms with Gasteiger partial charge in [-0.25, -0.2) is 0 Å². The van der Waals surface area contributed by atoms with Crippen molar-refractivity contribution >= 4 is 11.4 Å². The molecule has 98 valence electrons. The van der Waals surface area contributed by atoms with Gasteiger partial charge in [-0.1, -0.05) is 0 Å². The summed E-state index contributed by atoms with van der Waals surface area (Å²) in [5.41, 5.74) is 7.87. The van der Waals surface area contributed by atoms with E-state index in [0.717, 1.165) is 44.2 Å². The van der Waals surface area contributed by atoms with Crippen LogP contribution in [0.4, 0.5) is 11.4 Å². The van der Waals surface area contributed by atoms with E-state index in [1.807, 2.05) is 12.3 Å². The molecule has 0 saturated carbocycles. The van der Waals surface area contributed by atoms with Crippen molar-refractivity contribution in [2.24, 2.45) is 0 Å².